The van der Waals surface area contributed by atoms with E-state index < -0.39 is 0 Å². The van der Waals surface area contributed by atoms with Gasteiger partial charge >= 0.3 is 0 Å². The van der Waals surface area contributed by atoms with Crippen molar-refractivity contribution in [3.05, 3.63) is 20.3 Å². The number of guanidine groups is 1. The molecule has 1 aromatic heterocycles. The van der Waals surface area contributed by atoms with Crippen LogP contribution in [0.5, 0.6) is 0 Å². The number of thiophene rings is 1. The first-order chi connectivity index (χ1) is 6.67. The Hall–Kier alpha value is -0.490. The van der Waals surface area contributed by atoms with Gasteiger partial charge in [0, 0.05) is 19.2 Å². The number of hydrogen-bond acceptors (Lipinski definition) is 3. The molecule has 0 aliphatic rings. The highest BCUT2D eigenvalue weighted by Gasteiger charge is 2.05. The minimum atomic E-state index is 0.503. The molecule has 0 fully saturated rings. The van der Waals surface area contributed by atoms with Crippen molar-refractivity contribution in [1.29, 1.82) is 0 Å². The fourth-order valence-corrected chi connectivity index (χ4v) is 2.36. The summed E-state index contributed by atoms with van der Waals surface area (Å²) in [5.41, 5.74) is 3.34. The average molecular weight is 253 g/mol. The van der Waals surface area contributed by atoms with E-state index in [-0.39, 0.29) is 0 Å². The lowest BCUT2D eigenvalue weighted by Crippen LogP contribution is -2.40. The lowest BCUT2D eigenvalue weighted by atomic mass is 10.3. The topological polar surface area (TPSA) is 62.4 Å². The third-order valence-electron chi connectivity index (χ3n) is 1.53. The second-order valence-electron chi connectivity index (χ2n) is 2.42. The van der Waals surface area contributed by atoms with Gasteiger partial charge in [0.05, 0.1) is 8.67 Å². The zero-order valence-corrected chi connectivity index (χ0v) is 9.80. The number of rotatable bonds is 2. The van der Waals surface area contributed by atoms with Crippen LogP contribution in [0.3, 0.4) is 0 Å². The summed E-state index contributed by atoms with van der Waals surface area (Å²) in [5.74, 6) is 5.69. The zero-order chi connectivity index (χ0) is 10.6. The van der Waals surface area contributed by atoms with E-state index in [1.807, 2.05) is 6.07 Å². The largest absolute Gasteiger partial charge is 0.351 e. The van der Waals surface area contributed by atoms with E-state index in [1.165, 1.54) is 11.3 Å². The molecule has 4 N–H and O–H groups in total. The van der Waals surface area contributed by atoms with E-state index >= 15 is 0 Å². The van der Waals surface area contributed by atoms with Gasteiger partial charge in [0.15, 0.2) is 0 Å². The van der Waals surface area contributed by atoms with Crippen LogP contribution in [0.15, 0.2) is 11.1 Å². The molecule has 0 saturated heterocycles. The predicted octanol–water partition coefficient (Wildman–Crippen LogP) is 1.59. The van der Waals surface area contributed by atoms with Crippen LogP contribution in [-0.2, 0) is 6.54 Å². The molecule has 0 aromatic carbocycles. The van der Waals surface area contributed by atoms with E-state index in [2.05, 4.69) is 15.7 Å². The molecule has 1 aromatic rings. The maximum absolute atomic E-state index is 5.92. The molecule has 0 bridgehead atoms. The van der Waals surface area contributed by atoms with E-state index in [4.69, 9.17) is 29.0 Å². The van der Waals surface area contributed by atoms with Crippen molar-refractivity contribution in [3.63, 3.8) is 0 Å². The third-order valence-corrected chi connectivity index (χ3v) is 3.10. The summed E-state index contributed by atoms with van der Waals surface area (Å²) < 4.78 is 1.34. The van der Waals surface area contributed by atoms with Crippen molar-refractivity contribution < 1.29 is 0 Å². The Balaban J connectivity index is 2.57. The van der Waals surface area contributed by atoms with Crippen molar-refractivity contribution in [2.45, 2.75) is 6.54 Å². The second-order valence-corrected chi connectivity index (χ2v) is 4.71. The summed E-state index contributed by atoms with van der Waals surface area (Å²) in [5, 5.41) is 2.97. The van der Waals surface area contributed by atoms with Gasteiger partial charge in [-0.3, -0.25) is 10.4 Å². The van der Waals surface area contributed by atoms with Crippen LogP contribution in [0.2, 0.25) is 8.67 Å². The number of nitrogens with zero attached hydrogens (tertiary/aromatic N) is 1. The van der Waals surface area contributed by atoms with Crippen LogP contribution < -0.4 is 16.6 Å². The molecule has 0 aliphatic heterocycles. The molecule has 7 heteroatoms. The van der Waals surface area contributed by atoms with Crippen molar-refractivity contribution in [2.24, 2.45) is 10.8 Å². The smallest absolute Gasteiger partial charge is 0.205 e. The van der Waals surface area contributed by atoms with Crippen LogP contribution in [0.1, 0.15) is 5.56 Å². The molecule has 0 amide bonds. The summed E-state index contributed by atoms with van der Waals surface area (Å²) in [7, 11) is 1.63. The lowest BCUT2D eigenvalue weighted by molar-refractivity contribution is 0.843. The normalized spacial score (nSPS) is 11.6. The summed E-state index contributed by atoms with van der Waals surface area (Å²) in [4.78, 5) is 3.85. The highest BCUT2D eigenvalue weighted by Crippen LogP contribution is 2.30. The highest BCUT2D eigenvalue weighted by molar-refractivity contribution is 7.20. The SMILES string of the molecule is CN=C(NN)NCc1cc(Cl)sc1Cl. The van der Waals surface area contributed by atoms with Gasteiger partial charge in [-0.25, -0.2) is 5.84 Å². The number of nitrogens with one attached hydrogen (secondary N) is 2. The Kier molecular flexibility index (Phi) is 4.47. The van der Waals surface area contributed by atoms with Gasteiger partial charge in [0.2, 0.25) is 5.96 Å². The molecule has 0 aliphatic carbocycles. The summed E-state index contributed by atoms with van der Waals surface area (Å²) in [6.07, 6.45) is 0. The molecule has 4 nitrogen and oxygen atoms in total. The van der Waals surface area contributed by atoms with Crippen molar-refractivity contribution in [1.82, 2.24) is 10.7 Å². The molecule has 1 heterocycles. The van der Waals surface area contributed by atoms with Gasteiger partial charge in [0.25, 0.3) is 0 Å². The summed E-state index contributed by atoms with van der Waals surface area (Å²) in [6.45, 7) is 0.541. The molecule has 0 radical (unpaired) electrons. The fourth-order valence-electron chi connectivity index (χ4n) is 0.868. The van der Waals surface area contributed by atoms with Crippen LogP contribution >= 0.6 is 34.5 Å². The van der Waals surface area contributed by atoms with E-state index in [0.717, 1.165) is 5.56 Å². The molecular formula is C7H10Cl2N4S. The Morgan fingerprint density at radius 3 is 2.79 bits per heavy atom. The average Bonchev–Trinajstić information content (AvgIpc) is 2.47. The van der Waals surface area contributed by atoms with Crippen molar-refractivity contribution >= 4 is 40.5 Å². The first-order valence-electron chi connectivity index (χ1n) is 3.78. The second kappa shape index (κ2) is 5.41. The quantitative estimate of drug-likeness (QED) is 0.324. The minimum Gasteiger partial charge on any atom is -0.351 e. The maximum Gasteiger partial charge on any atom is 0.205 e. The molecular weight excluding hydrogens is 243 g/mol. The van der Waals surface area contributed by atoms with Crippen molar-refractivity contribution in [3.8, 4) is 0 Å². The number of aliphatic imine (C=N–C) groups is 1. The van der Waals surface area contributed by atoms with Crippen LogP contribution in [0.4, 0.5) is 0 Å². The Morgan fingerprint density at radius 1 is 1.64 bits per heavy atom. The number of halogens is 2. The van der Waals surface area contributed by atoms with E-state index in [1.54, 1.807) is 7.05 Å². The van der Waals surface area contributed by atoms with Crippen LogP contribution in [0, 0.1) is 0 Å². The van der Waals surface area contributed by atoms with Crippen LogP contribution in [0.25, 0.3) is 0 Å². The molecule has 0 saturated carbocycles. The molecule has 0 atom stereocenters. The number of nitrogens with two attached hydrogens (primary N) is 1. The van der Waals surface area contributed by atoms with E-state index in [9.17, 15) is 0 Å². The lowest BCUT2D eigenvalue weighted by Gasteiger charge is -2.06. The summed E-state index contributed by atoms with van der Waals surface area (Å²) in [6, 6.07) is 1.81. The monoisotopic (exact) mass is 252 g/mol. The summed E-state index contributed by atoms with van der Waals surface area (Å²) >= 11 is 13.0. The first-order valence-corrected chi connectivity index (χ1v) is 5.35. The molecule has 0 unspecified atom stereocenters. The Bertz CT molecular complexity index is 336. The van der Waals surface area contributed by atoms with Gasteiger partial charge in [0.1, 0.15) is 0 Å². The number of hydrazine groups is 1. The van der Waals surface area contributed by atoms with Gasteiger partial charge in [-0.1, -0.05) is 23.2 Å². The maximum atomic E-state index is 5.92. The zero-order valence-electron chi connectivity index (χ0n) is 7.47. The minimum absolute atomic E-state index is 0.503. The Labute approximate surface area is 96.1 Å². The molecule has 1 rings (SSSR count). The van der Waals surface area contributed by atoms with Gasteiger partial charge < -0.3 is 5.32 Å². The Morgan fingerprint density at radius 2 is 2.36 bits per heavy atom. The van der Waals surface area contributed by atoms with Crippen LogP contribution in [-0.4, -0.2) is 13.0 Å². The molecule has 78 valence electrons. The first kappa shape index (κ1) is 11.6. The fraction of sp³-hybridized carbons (Fsp3) is 0.286. The van der Waals surface area contributed by atoms with Gasteiger partial charge in [-0.2, -0.15) is 0 Å². The third kappa shape index (κ3) is 3.02. The van der Waals surface area contributed by atoms with Gasteiger partial charge in [-0.05, 0) is 6.07 Å². The standard InChI is InChI=1S/C7H10Cl2N4S/c1-11-7(13-10)12-3-4-2-5(8)14-6(4)9/h2H,3,10H2,1H3,(H2,11,12,13). The number of hydrogen-bond donors (Lipinski definition) is 3. The highest BCUT2D eigenvalue weighted by atomic mass is 35.5. The van der Waals surface area contributed by atoms with Gasteiger partial charge in [-0.15, -0.1) is 11.3 Å². The molecule has 14 heavy (non-hydrogen) atoms. The predicted molar refractivity (Wildman–Crippen MR) is 61.9 cm³/mol. The van der Waals surface area contributed by atoms with E-state index in [0.29, 0.717) is 21.2 Å². The van der Waals surface area contributed by atoms with Crippen molar-refractivity contribution in [2.75, 3.05) is 7.05 Å². The molecule has 0 spiro atoms.